The highest BCUT2D eigenvalue weighted by atomic mass is 32.2. The van der Waals surface area contributed by atoms with E-state index in [4.69, 9.17) is 0 Å². The average molecular weight is 210 g/mol. The zero-order valence-electron chi connectivity index (χ0n) is 8.20. The number of hydrogen-bond acceptors (Lipinski definition) is 2. The lowest BCUT2D eigenvalue weighted by molar-refractivity contribution is 0.607. The Hall–Kier alpha value is -0.0800. The Balaban J connectivity index is 2.32. The number of benzene rings is 1. The largest absolute Gasteiger partial charge is 0.107 e. The van der Waals surface area contributed by atoms with Crippen molar-refractivity contribution in [2.24, 2.45) is 5.92 Å². The molecule has 1 aliphatic rings. The van der Waals surface area contributed by atoms with Crippen molar-refractivity contribution in [3.8, 4) is 0 Å². The van der Waals surface area contributed by atoms with Crippen LogP contribution in [-0.4, -0.2) is 4.08 Å². The Labute approximate surface area is 88.5 Å². The predicted molar refractivity (Wildman–Crippen MR) is 61.4 cm³/mol. The van der Waals surface area contributed by atoms with Crippen LogP contribution in [0.4, 0.5) is 0 Å². The molecular formula is C11H14S2. The molecule has 0 N–H and O–H groups in total. The van der Waals surface area contributed by atoms with Gasteiger partial charge in [-0.15, -0.1) is 23.5 Å². The molecule has 1 heterocycles. The second kappa shape index (κ2) is 3.25. The van der Waals surface area contributed by atoms with Crippen molar-refractivity contribution in [3.05, 3.63) is 24.3 Å². The predicted octanol–water partition coefficient (Wildman–Crippen LogP) is 4.26. The summed E-state index contributed by atoms with van der Waals surface area (Å²) in [4.78, 5) is 2.90. The fraction of sp³-hybridized carbons (Fsp3) is 0.455. The van der Waals surface area contributed by atoms with Gasteiger partial charge in [0.25, 0.3) is 0 Å². The van der Waals surface area contributed by atoms with Crippen molar-refractivity contribution in [1.29, 1.82) is 0 Å². The molecule has 0 fully saturated rings. The summed E-state index contributed by atoms with van der Waals surface area (Å²) in [6.07, 6.45) is 0. The number of thioether (sulfide) groups is 2. The van der Waals surface area contributed by atoms with Gasteiger partial charge in [0.05, 0.1) is 4.08 Å². The third-order valence-corrected chi connectivity index (χ3v) is 6.06. The van der Waals surface area contributed by atoms with Crippen LogP contribution in [0.15, 0.2) is 34.1 Å². The monoisotopic (exact) mass is 210 g/mol. The maximum Gasteiger partial charge on any atom is 0.0700 e. The summed E-state index contributed by atoms with van der Waals surface area (Å²) >= 11 is 4.02. The normalized spacial score (nSPS) is 19.1. The van der Waals surface area contributed by atoms with Gasteiger partial charge in [-0.1, -0.05) is 26.0 Å². The molecule has 1 aromatic rings. The molecule has 1 aliphatic heterocycles. The summed E-state index contributed by atoms with van der Waals surface area (Å²) in [5.41, 5.74) is 0. The number of rotatable bonds is 1. The van der Waals surface area contributed by atoms with Gasteiger partial charge >= 0.3 is 0 Å². The van der Waals surface area contributed by atoms with Crippen molar-refractivity contribution in [2.45, 2.75) is 34.6 Å². The van der Waals surface area contributed by atoms with Gasteiger partial charge in [-0.3, -0.25) is 0 Å². The van der Waals surface area contributed by atoms with Crippen molar-refractivity contribution in [3.63, 3.8) is 0 Å². The second-order valence-corrected chi connectivity index (χ2v) is 7.06. The van der Waals surface area contributed by atoms with Crippen LogP contribution in [0.3, 0.4) is 0 Å². The molecule has 1 aromatic carbocycles. The molecule has 0 amide bonds. The minimum absolute atomic E-state index is 0.337. The molecule has 0 aromatic heterocycles. The van der Waals surface area contributed by atoms with E-state index in [0.29, 0.717) is 10.00 Å². The Morgan fingerprint density at radius 1 is 1.08 bits per heavy atom. The van der Waals surface area contributed by atoms with E-state index in [2.05, 4.69) is 45.0 Å². The van der Waals surface area contributed by atoms with Crippen LogP contribution in [0.25, 0.3) is 0 Å². The summed E-state index contributed by atoms with van der Waals surface area (Å²) in [5.74, 6) is 0.704. The van der Waals surface area contributed by atoms with Crippen LogP contribution < -0.4 is 0 Å². The lowest BCUT2D eigenvalue weighted by Gasteiger charge is -2.26. The van der Waals surface area contributed by atoms with E-state index in [1.54, 1.807) is 0 Å². The van der Waals surface area contributed by atoms with Crippen molar-refractivity contribution >= 4 is 23.5 Å². The first-order valence-corrected chi connectivity index (χ1v) is 6.22. The van der Waals surface area contributed by atoms with E-state index in [0.717, 1.165) is 0 Å². The molecule has 0 radical (unpaired) electrons. The van der Waals surface area contributed by atoms with Crippen LogP contribution in [0.1, 0.15) is 20.8 Å². The van der Waals surface area contributed by atoms with E-state index >= 15 is 0 Å². The summed E-state index contributed by atoms with van der Waals surface area (Å²) in [5, 5.41) is 0. The smallest absolute Gasteiger partial charge is 0.0700 e. The molecule has 0 atom stereocenters. The first-order valence-electron chi connectivity index (χ1n) is 4.59. The summed E-state index contributed by atoms with van der Waals surface area (Å²) in [6.45, 7) is 6.94. The maximum atomic E-state index is 2.34. The molecule has 0 nitrogen and oxygen atoms in total. The lowest BCUT2D eigenvalue weighted by atomic mass is 10.1. The molecule has 0 saturated carbocycles. The molecule has 0 spiro atoms. The number of fused-ring (bicyclic) bond motifs is 1. The fourth-order valence-electron chi connectivity index (χ4n) is 1.31. The Kier molecular flexibility index (Phi) is 2.37. The minimum Gasteiger partial charge on any atom is -0.107 e. The molecule has 0 bridgehead atoms. The maximum absolute atomic E-state index is 2.34. The third kappa shape index (κ3) is 1.62. The Morgan fingerprint density at radius 3 is 1.92 bits per heavy atom. The SMILES string of the molecule is CC(C)C1(C)Sc2ccccc2S1. The van der Waals surface area contributed by atoms with Gasteiger partial charge in [-0.2, -0.15) is 0 Å². The van der Waals surface area contributed by atoms with Gasteiger partial charge in [0.2, 0.25) is 0 Å². The van der Waals surface area contributed by atoms with Crippen molar-refractivity contribution in [2.75, 3.05) is 0 Å². The van der Waals surface area contributed by atoms with Gasteiger partial charge in [-0.25, -0.2) is 0 Å². The van der Waals surface area contributed by atoms with Gasteiger partial charge < -0.3 is 0 Å². The quantitative estimate of drug-likeness (QED) is 0.679. The van der Waals surface area contributed by atoms with Gasteiger partial charge in [0.15, 0.2) is 0 Å². The molecule has 13 heavy (non-hydrogen) atoms. The highest BCUT2D eigenvalue weighted by Crippen LogP contribution is 2.58. The lowest BCUT2D eigenvalue weighted by Crippen LogP contribution is -2.19. The van der Waals surface area contributed by atoms with E-state index in [1.165, 1.54) is 9.79 Å². The van der Waals surface area contributed by atoms with E-state index in [1.807, 2.05) is 23.5 Å². The van der Waals surface area contributed by atoms with Gasteiger partial charge in [0.1, 0.15) is 0 Å². The van der Waals surface area contributed by atoms with Crippen LogP contribution in [0.5, 0.6) is 0 Å². The first kappa shape index (κ1) is 9.47. The third-order valence-electron chi connectivity index (χ3n) is 2.52. The fourth-order valence-corrected chi connectivity index (χ4v) is 4.24. The van der Waals surface area contributed by atoms with E-state index < -0.39 is 0 Å². The highest BCUT2D eigenvalue weighted by Gasteiger charge is 2.37. The molecule has 2 rings (SSSR count). The highest BCUT2D eigenvalue weighted by molar-refractivity contribution is 8.20. The molecule has 0 aliphatic carbocycles. The average Bonchev–Trinajstić information content (AvgIpc) is 2.42. The minimum atomic E-state index is 0.337. The Bertz CT molecular complexity index is 293. The second-order valence-electron chi connectivity index (χ2n) is 3.82. The molecule has 0 saturated heterocycles. The molecule has 70 valence electrons. The zero-order chi connectivity index (χ0) is 9.47. The summed E-state index contributed by atoms with van der Waals surface area (Å²) < 4.78 is 0.337. The molecule has 0 unspecified atom stereocenters. The van der Waals surface area contributed by atoms with Gasteiger partial charge in [0, 0.05) is 9.79 Å². The van der Waals surface area contributed by atoms with Crippen LogP contribution in [0, 0.1) is 5.92 Å². The number of hydrogen-bond donors (Lipinski definition) is 0. The van der Waals surface area contributed by atoms with Crippen LogP contribution in [-0.2, 0) is 0 Å². The van der Waals surface area contributed by atoms with Crippen molar-refractivity contribution < 1.29 is 0 Å². The zero-order valence-corrected chi connectivity index (χ0v) is 9.84. The summed E-state index contributed by atoms with van der Waals surface area (Å²) in [7, 11) is 0. The standard InChI is InChI=1S/C11H14S2/c1-8(2)11(3)12-9-6-4-5-7-10(9)13-11/h4-8H,1-3H3. The Morgan fingerprint density at radius 2 is 1.54 bits per heavy atom. The topological polar surface area (TPSA) is 0 Å². The van der Waals surface area contributed by atoms with Gasteiger partial charge in [-0.05, 0) is 25.0 Å². The van der Waals surface area contributed by atoms with Crippen LogP contribution >= 0.6 is 23.5 Å². The molecular weight excluding hydrogens is 196 g/mol. The summed E-state index contributed by atoms with van der Waals surface area (Å²) in [6, 6.07) is 8.69. The van der Waals surface area contributed by atoms with Crippen molar-refractivity contribution in [1.82, 2.24) is 0 Å². The van der Waals surface area contributed by atoms with Crippen LogP contribution in [0.2, 0.25) is 0 Å². The molecule has 2 heteroatoms. The first-order chi connectivity index (χ1) is 6.12. The van der Waals surface area contributed by atoms with E-state index in [9.17, 15) is 0 Å². The van der Waals surface area contributed by atoms with E-state index in [-0.39, 0.29) is 0 Å².